The quantitative estimate of drug-likeness (QED) is 0.812. The molecule has 1 saturated heterocycles. The molecule has 1 unspecified atom stereocenters. The minimum absolute atomic E-state index is 0.673. The molecule has 1 aromatic carbocycles. The van der Waals surface area contributed by atoms with Gasteiger partial charge in [-0.15, -0.1) is 0 Å². The maximum absolute atomic E-state index is 11.3. The zero-order valence-corrected chi connectivity index (χ0v) is 9.28. The largest absolute Gasteiger partial charge is 0.480 e. The van der Waals surface area contributed by atoms with Gasteiger partial charge in [0.15, 0.2) is 0 Å². The number of aliphatic carboxylic acids is 1. The van der Waals surface area contributed by atoms with Crippen molar-refractivity contribution in [3.63, 3.8) is 0 Å². The Kier molecular flexibility index (Phi) is 3.25. The molecule has 0 radical (unpaired) electrons. The summed E-state index contributed by atoms with van der Waals surface area (Å²) in [4.78, 5) is 11.3. The van der Waals surface area contributed by atoms with Crippen LogP contribution in [0.1, 0.15) is 24.8 Å². The van der Waals surface area contributed by atoms with E-state index in [1.165, 1.54) is 5.56 Å². The Bertz CT molecular complexity index is 355. The SMILES string of the molecule is O=C(O)C1(CCc2ccccc2)CCCN1. The summed E-state index contributed by atoms with van der Waals surface area (Å²) in [6.45, 7) is 0.821. The van der Waals surface area contributed by atoms with Crippen molar-refractivity contribution >= 4 is 5.97 Å². The minimum atomic E-state index is -0.707. The van der Waals surface area contributed by atoms with Crippen LogP contribution in [0.15, 0.2) is 30.3 Å². The number of aryl methyl sites for hydroxylation is 1. The Morgan fingerprint density at radius 3 is 2.69 bits per heavy atom. The molecule has 0 aromatic heterocycles. The number of carboxylic acids is 1. The van der Waals surface area contributed by atoms with Crippen LogP contribution < -0.4 is 5.32 Å². The summed E-state index contributed by atoms with van der Waals surface area (Å²) in [6.07, 6.45) is 3.20. The van der Waals surface area contributed by atoms with Crippen molar-refractivity contribution in [2.45, 2.75) is 31.2 Å². The zero-order valence-electron chi connectivity index (χ0n) is 9.28. The number of carboxylic acid groups (broad SMARTS) is 1. The third-order valence-corrected chi connectivity index (χ3v) is 3.34. The van der Waals surface area contributed by atoms with E-state index in [2.05, 4.69) is 5.32 Å². The Morgan fingerprint density at radius 1 is 1.38 bits per heavy atom. The van der Waals surface area contributed by atoms with Gasteiger partial charge < -0.3 is 10.4 Å². The molecule has 0 bridgehead atoms. The summed E-state index contributed by atoms with van der Waals surface area (Å²) in [5.74, 6) is -0.707. The van der Waals surface area contributed by atoms with Crippen LogP contribution in [0.4, 0.5) is 0 Å². The summed E-state index contributed by atoms with van der Waals surface area (Å²) in [7, 11) is 0. The van der Waals surface area contributed by atoms with Gasteiger partial charge in [-0.2, -0.15) is 0 Å². The lowest BCUT2D eigenvalue weighted by atomic mass is 9.90. The van der Waals surface area contributed by atoms with E-state index in [-0.39, 0.29) is 0 Å². The molecule has 1 heterocycles. The molecule has 0 saturated carbocycles. The molecular weight excluding hydrogens is 202 g/mol. The van der Waals surface area contributed by atoms with Crippen LogP contribution in [0.3, 0.4) is 0 Å². The molecule has 86 valence electrons. The van der Waals surface area contributed by atoms with Crippen LogP contribution >= 0.6 is 0 Å². The van der Waals surface area contributed by atoms with Crippen molar-refractivity contribution in [2.75, 3.05) is 6.54 Å². The van der Waals surface area contributed by atoms with Gasteiger partial charge >= 0.3 is 5.97 Å². The van der Waals surface area contributed by atoms with Gasteiger partial charge in [-0.25, -0.2) is 0 Å². The second-order valence-electron chi connectivity index (χ2n) is 4.40. The van der Waals surface area contributed by atoms with E-state index in [1.807, 2.05) is 30.3 Å². The second-order valence-corrected chi connectivity index (χ2v) is 4.40. The molecule has 2 N–H and O–H groups in total. The van der Waals surface area contributed by atoms with Gasteiger partial charge in [0.05, 0.1) is 0 Å². The minimum Gasteiger partial charge on any atom is -0.480 e. The summed E-state index contributed by atoms with van der Waals surface area (Å²) < 4.78 is 0. The monoisotopic (exact) mass is 219 g/mol. The number of hydrogen-bond donors (Lipinski definition) is 2. The zero-order chi connectivity index (χ0) is 11.4. The molecule has 16 heavy (non-hydrogen) atoms. The van der Waals surface area contributed by atoms with Crippen molar-refractivity contribution in [3.05, 3.63) is 35.9 Å². The number of hydrogen-bond acceptors (Lipinski definition) is 2. The van der Waals surface area contributed by atoms with E-state index in [1.54, 1.807) is 0 Å². The van der Waals surface area contributed by atoms with E-state index < -0.39 is 11.5 Å². The Morgan fingerprint density at radius 2 is 2.12 bits per heavy atom. The fraction of sp³-hybridized carbons (Fsp3) is 0.462. The summed E-state index contributed by atoms with van der Waals surface area (Å²) in [5.41, 5.74) is 0.521. The van der Waals surface area contributed by atoms with E-state index in [4.69, 9.17) is 0 Å². The molecule has 1 aliphatic heterocycles. The van der Waals surface area contributed by atoms with Crippen LogP contribution in [0.5, 0.6) is 0 Å². The van der Waals surface area contributed by atoms with Gasteiger partial charge in [-0.3, -0.25) is 4.79 Å². The highest BCUT2D eigenvalue weighted by Gasteiger charge is 2.40. The van der Waals surface area contributed by atoms with Crippen molar-refractivity contribution < 1.29 is 9.90 Å². The van der Waals surface area contributed by atoms with Crippen LogP contribution in [0.2, 0.25) is 0 Å². The van der Waals surface area contributed by atoms with Crippen LogP contribution in [-0.2, 0) is 11.2 Å². The molecule has 3 nitrogen and oxygen atoms in total. The highest BCUT2D eigenvalue weighted by Crippen LogP contribution is 2.25. The number of rotatable bonds is 4. The fourth-order valence-corrected chi connectivity index (χ4v) is 2.31. The Hall–Kier alpha value is -1.35. The van der Waals surface area contributed by atoms with E-state index in [0.29, 0.717) is 6.42 Å². The lowest BCUT2D eigenvalue weighted by Crippen LogP contribution is -2.47. The topological polar surface area (TPSA) is 49.3 Å². The van der Waals surface area contributed by atoms with Gasteiger partial charge in [-0.05, 0) is 37.8 Å². The first-order chi connectivity index (χ1) is 7.73. The molecule has 1 aliphatic rings. The molecule has 0 spiro atoms. The average Bonchev–Trinajstić information content (AvgIpc) is 2.78. The predicted octanol–water partition coefficient (Wildman–Crippen LogP) is 1.83. The molecule has 0 amide bonds. The van der Waals surface area contributed by atoms with Crippen LogP contribution in [0.25, 0.3) is 0 Å². The molecule has 0 aliphatic carbocycles. The van der Waals surface area contributed by atoms with Gasteiger partial charge in [0.1, 0.15) is 5.54 Å². The Balaban J connectivity index is 2.00. The van der Waals surface area contributed by atoms with Gasteiger partial charge in [-0.1, -0.05) is 30.3 Å². The van der Waals surface area contributed by atoms with Gasteiger partial charge in [0.25, 0.3) is 0 Å². The summed E-state index contributed by atoms with van der Waals surface area (Å²) in [5, 5.41) is 12.4. The number of benzene rings is 1. The maximum Gasteiger partial charge on any atom is 0.323 e. The number of carbonyl (C=O) groups is 1. The van der Waals surface area contributed by atoms with Gasteiger partial charge in [0, 0.05) is 0 Å². The van der Waals surface area contributed by atoms with E-state index in [0.717, 1.165) is 25.8 Å². The fourth-order valence-electron chi connectivity index (χ4n) is 2.31. The molecule has 1 atom stereocenters. The van der Waals surface area contributed by atoms with Crippen LogP contribution in [-0.4, -0.2) is 23.2 Å². The standard InChI is InChI=1S/C13H17NO2/c15-12(16)13(8-4-10-14-13)9-7-11-5-2-1-3-6-11/h1-3,5-6,14H,4,7-10H2,(H,15,16). The molecule has 1 aromatic rings. The maximum atomic E-state index is 11.3. The first kappa shape index (κ1) is 11.1. The predicted molar refractivity (Wildman–Crippen MR) is 62.4 cm³/mol. The highest BCUT2D eigenvalue weighted by atomic mass is 16.4. The highest BCUT2D eigenvalue weighted by molar-refractivity contribution is 5.79. The normalized spacial score (nSPS) is 24.5. The summed E-state index contributed by atoms with van der Waals surface area (Å²) in [6, 6.07) is 10.1. The molecule has 2 rings (SSSR count). The first-order valence-electron chi connectivity index (χ1n) is 5.75. The third-order valence-electron chi connectivity index (χ3n) is 3.34. The smallest absolute Gasteiger partial charge is 0.323 e. The number of nitrogens with one attached hydrogen (secondary N) is 1. The lowest BCUT2D eigenvalue weighted by molar-refractivity contribution is -0.144. The molecular formula is C13H17NO2. The van der Waals surface area contributed by atoms with Crippen LogP contribution in [0, 0.1) is 0 Å². The third kappa shape index (κ3) is 2.25. The second kappa shape index (κ2) is 4.66. The first-order valence-corrected chi connectivity index (χ1v) is 5.75. The van der Waals surface area contributed by atoms with Crippen molar-refractivity contribution in [3.8, 4) is 0 Å². The summed E-state index contributed by atoms with van der Waals surface area (Å²) >= 11 is 0. The van der Waals surface area contributed by atoms with E-state index >= 15 is 0 Å². The van der Waals surface area contributed by atoms with E-state index in [9.17, 15) is 9.90 Å². The molecule has 1 fully saturated rings. The lowest BCUT2D eigenvalue weighted by Gasteiger charge is -2.24. The molecule has 3 heteroatoms. The van der Waals surface area contributed by atoms with Gasteiger partial charge in [0.2, 0.25) is 0 Å². The van der Waals surface area contributed by atoms with Crippen molar-refractivity contribution in [2.24, 2.45) is 0 Å². The average molecular weight is 219 g/mol. The Labute approximate surface area is 95.5 Å². The van der Waals surface area contributed by atoms with Crippen molar-refractivity contribution in [1.29, 1.82) is 0 Å². The van der Waals surface area contributed by atoms with Crippen molar-refractivity contribution in [1.82, 2.24) is 5.32 Å².